The normalized spacial score (nSPS) is 12.2. The second-order valence-corrected chi connectivity index (χ2v) is 4.93. The van der Waals surface area contributed by atoms with Gasteiger partial charge in [0, 0.05) is 25.7 Å². The molecule has 0 bridgehead atoms. The maximum Gasteiger partial charge on any atom is 0.308 e. The summed E-state index contributed by atoms with van der Waals surface area (Å²) in [4.78, 5) is 24.1. The van der Waals surface area contributed by atoms with E-state index in [4.69, 9.17) is 5.11 Å². The van der Waals surface area contributed by atoms with E-state index in [-0.39, 0.29) is 12.5 Å². The highest BCUT2D eigenvalue weighted by molar-refractivity contribution is 5.77. The molecule has 0 aliphatic carbocycles. The minimum atomic E-state index is -0.888. The Kier molecular flexibility index (Phi) is 5.09. The van der Waals surface area contributed by atoms with Crippen LogP contribution in [0.5, 0.6) is 0 Å². The van der Waals surface area contributed by atoms with Gasteiger partial charge in [-0.15, -0.1) is 0 Å². The minimum Gasteiger partial charge on any atom is -0.481 e. The fourth-order valence-corrected chi connectivity index (χ4v) is 1.96. The van der Waals surface area contributed by atoms with E-state index < -0.39 is 11.9 Å². The third-order valence-electron chi connectivity index (χ3n) is 3.26. The number of rotatable bonds is 6. The number of aromatic amines is 1. The fourth-order valence-electron chi connectivity index (χ4n) is 1.96. The lowest BCUT2D eigenvalue weighted by molar-refractivity contribution is -0.142. The average Bonchev–Trinajstić information content (AvgIpc) is 2.65. The fraction of sp³-hybridized carbons (Fsp3) is 0.615. The number of H-pyrrole nitrogens is 1. The number of carbonyl (C=O) groups is 2. The van der Waals surface area contributed by atoms with Crippen molar-refractivity contribution in [3.05, 3.63) is 17.0 Å². The third-order valence-corrected chi connectivity index (χ3v) is 3.26. The molecule has 1 heterocycles. The van der Waals surface area contributed by atoms with E-state index in [1.807, 2.05) is 13.8 Å². The monoisotopic (exact) mass is 267 g/mol. The number of hydrogen-bond acceptors (Lipinski definition) is 3. The molecule has 0 saturated heterocycles. The van der Waals surface area contributed by atoms with E-state index in [9.17, 15) is 9.59 Å². The largest absolute Gasteiger partial charge is 0.481 e. The molecule has 0 saturated carbocycles. The van der Waals surface area contributed by atoms with Crippen molar-refractivity contribution in [3.8, 4) is 0 Å². The van der Waals surface area contributed by atoms with Crippen LogP contribution in [-0.2, 0) is 16.0 Å². The Morgan fingerprint density at radius 2 is 2.05 bits per heavy atom. The summed E-state index contributed by atoms with van der Waals surface area (Å²) in [6, 6.07) is 0. The minimum absolute atomic E-state index is 0.0481. The van der Waals surface area contributed by atoms with Gasteiger partial charge < -0.3 is 10.0 Å². The molecule has 1 amide bonds. The second-order valence-electron chi connectivity index (χ2n) is 4.93. The first-order valence-corrected chi connectivity index (χ1v) is 6.30. The SMILES string of the molecule is Cc1n[nH]c(C)c1CCC(=O)N(C)CC(C)C(=O)O. The van der Waals surface area contributed by atoms with Crippen LogP contribution in [0.3, 0.4) is 0 Å². The number of carbonyl (C=O) groups excluding carboxylic acids is 1. The van der Waals surface area contributed by atoms with Gasteiger partial charge >= 0.3 is 5.97 Å². The Morgan fingerprint density at radius 3 is 2.53 bits per heavy atom. The van der Waals surface area contributed by atoms with Crippen molar-refractivity contribution in [1.29, 1.82) is 0 Å². The van der Waals surface area contributed by atoms with Crippen molar-refractivity contribution >= 4 is 11.9 Å². The van der Waals surface area contributed by atoms with E-state index in [0.29, 0.717) is 12.8 Å². The van der Waals surface area contributed by atoms with E-state index in [1.54, 1.807) is 14.0 Å². The van der Waals surface area contributed by atoms with Crippen LogP contribution in [-0.4, -0.2) is 45.7 Å². The van der Waals surface area contributed by atoms with Gasteiger partial charge in [0.2, 0.25) is 5.91 Å². The molecule has 0 fully saturated rings. The first-order valence-electron chi connectivity index (χ1n) is 6.30. The summed E-state index contributed by atoms with van der Waals surface area (Å²) in [5.74, 6) is -1.49. The molecule has 0 spiro atoms. The predicted molar refractivity (Wildman–Crippen MR) is 70.8 cm³/mol. The molecule has 1 aromatic heterocycles. The molecule has 0 aliphatic heterocycles. The van der Waals surface area contributed by atoms with Gasteiger partial charge in [0.15, 0.2) is 0 Å². The van der Waals surface area contributed by atoms with Gasteiger partial charge in [-0.1, -0.05) is 6.92 Å². The van der Waals surface area contributed by atoms with Crippen molar-refractivity contribution in [3.63, 3.8) is 0 Å². The highest BCUT2D eigenvalue weighted by atomic mass is 16.4. The Hall–Kier alpha value is -1.85. The van der Waals surface area contributed by atoms with E-state index in [1.165, 1.54) is 4.90 Å². The molecular formula is C13H21N3O3. The Morgan fingerprint density at radius 1 is 1.42 bits per heavy atom. The van der Waals surface area contributed by atoms with Gasteiger partial charge in [-0.05, 0) is 25.8 Å². The summed E-state index contributed by atoms with van der Waals surface area (Å²) in [6.45, 7) is 5.66. The van der Waals surface area contributed by atoms with Crippen molar-refractivity contribution in [2.24, 2.45) is 5.92 Å². The summed E-state index contributed by atoms with van der Waals surface area (Å²) in [5.41, 5.74) is 2.95. The van der Waals surface area contributed by atoms with Gasteiger partial charge in [0.05, 0.1) is 11.6 Å². The topological polar surface area (TPSA) is 86.3 Å². The van der Waals surface area contributed by atoms with Gasteiger partial charge in [0.25, 0.3) is 0 Å². The molecular weight excluding hydrogens is 246 g/mol. The Bertz CT molecular complexity index is 448. The maximum absolute atomic E-state index is 11.9. The lowest BCUT2D eigenvalue weighted by Gasteiger charge is -2.19. The molecule has 0 radical (unpaired) electrons. The number of amides is 1. The molecule has 1 rings (SSSR count). The molecule has 19 heavy (non-hydrogen) atoms. The molecule has 2 N–H and O–H groups in total. The lowest BCUT2D eigenvalue weighted by atomic mass is 10.1. The van der Waals surface area contributed by atoms with Gasteiger partial charge in [-0.2, -0.15) is 5.10 Å². The van der Waals surface area contributed by atoms with Gasteiger partial charge in [-0.3, -0.25) is 14.7 Å². The van der Waals surface area contributed by atoms with E-state index in [0.717, 1.165) is 17.0 Å². The molecule has 1 unspecified atom stereocenters. The zero-order chi connectivity index (χ0) is 14.6. The smallest absolute Gasteiger partial charge is 0.308 e. The molecule has 1 atom stereocenters. The summed E-state index contributed by atoms with van der Waals surface area (Å²) < 4.78 is 0. The molecule has 0 aromatic carbocycles. The number of aryl methyl sites for hydroxylation is 2. The average molecular weight is 267 g/mol. The molecule has 0 aliphatic rings. The van der Waals surface area contributed by atoms with Crippen molar-refractivity contribution in [2.75, 3.05) is 13.6 Å². The van der Waals surface area contributed by atoms with Crippen molar-refractivity contribution < 1.29 is 14.7 Å². The van der Waals surface area contributed by atoms with Crippen LogP contribution in [0.15, 0.2) is 0 Å². The van der Waals surface area contributed by atoms with E-state index >= 15 is 0 Å². The Labute approximate surface area is 112 Å². The van der Waals surface area contributed by atoms with Crippen LogP contribution in [0, 0.1) is 19.8 Å². The van der Waals surface area contributed by atoms with Crippen LogP contribution in [0.2, 0.25) is 0 Å². The maximum atomic E-state index is 11.9. The number of aromatic nitrogens is 2. The summed E-state index contributed by atoms with van der Waals surface area (Å²) in [7, 11) is 1.64. The van der Waals surface area contributed by atoms with Gasteiger partial charge in [0.1, 0.15) is 0 Å². The molecule has 6 heteroatoms. The van der Waals surface area contributed by atoms with Crippen LogP contribution in [0.25, 0.3) is 0 Å². The number of carboxylic acid groups (broad SMARTS) is 1. The van der Waals surface area contributed by atoms with Crippen LogP contribution in [0.4, 0.5) is 0 Å². The molecule has 106 valence electrons. The molecule has 6 nitrogen and oxygen atoms in total. The Balaban J connectivity index is 2.49. The molecule has 1 aromatic rings. The van der Waals surface area contributed by atoms with Crippen LogP contribution in [0.1, 0.15) is 30.3 Å². The van der Waals surface area contributed by atoms with Crippen molar-refractivity contribution in [1.82, 2.24) is 15.1 Å². The standard InChI is InChI=1S/C13H21N3O3/c1-8(13(18)19)7-16(4)12(17)6-5-11-9(2)14-15-10(11)3/h8H,5-7H2,1-4H3,(H,14,15)(H,18,19). The number of nitrogens with zero attached hydrogens (tertiary/aromatic N) is 2. The zero-order valence-corrected chi connectivity index (χ0v) is 11.9. The quantitative estimate of drug-likeness (QED) is 0.809. The highest BCUT2D eigenvalue weighted by Gasteiger charge is 2.18. The highest BCUT2D eigenvalue weighted by Crippen LogP contribution is 2.12. The van der Waals surface area contributed by atoms with Gasteiger partial charge in [-0.25, -0.2) is 0 Å². The van der Waals surface area contributed by atoms with Crippen LogP contribution >= 0.6 is 0 Å². The zero-order valence-electron chi connectivity index (χ0n) is 11.9. The summed E-state index contributed by atoms with van der Waals surface area (Å²) in [6.07, 6.45) is 0.989. The summed E-state index contributed by atoms with van der Waals surface area (Å²) >= 11 is 0. The second kappa shape index (κ2) is 6.36. The summed E-state index contributed by atoms with van der Waals surface area (Å²) in [5, 5.41) is 15.8. The van der Waals surface area contributed by atoms with Crippen LogP contribution < -0.4 is 0 Å². The van der Waals surface area contributed by atoms with Crippen molar-refractivity contribution in [2.45, 2.75) is 33.6 Å². The first-order chi connectivity index (χ1) is 8.82. The third kappa shape index (κ3) is 4.08. The predicted octanol–water partition coefficient (Wildman–Crippen LogP) is 1.14. The first kappa shape index (κ1) is 15.2. The number of aliphatic carboxylic acids is 1. The lowest BCUT2D eigenvalue weighted by Crippen LogP contribution is -2.33. The number of carboxylic acids is 1. The van der Waals surface area contributed by atoms with E-state index in [2.05, 4.69) is 10.2 Å². The number of hydrogen-bond donors (Lipinski definition) is 2. The number of nitrogens with one attached hydrogen (secondary N) is 1.